The second-order valence-corrected chi connectivity index (χ2v) is 5.80. The highest BCUT2D eigenvalue weighted by atomic mass is 19.4. The van der Waals surface area contributed by atoms with Crippen molar-refractivity contribution in [2.45, 2.75) is 6.18 Å². The number of aromatic nitrogens is 1. The Bertz CT molecular complexity index is 1010. The molecule has 9 heteroatoms. The average Bonchev–Trinajstić information content (AvgIpc) is 2.70. The number of alkyl halides is 3. The number of nitrogens with one attached hydrogen (secondary N) is 2. The molecule has 1 aromatic heterocycles. The number of carbonyl (C=O) groups excluding carboxylic acids is 2. The van der Waals surface area contributed by atoms with Crippen LogP contribution >= 0.6 is 0 Å². The maximum absolute atomic E-state index is 12.7. The summed E-state index contributed by atoms with van der Waals surface area (Å²) >= 11 is 0. The van der Waals surface area contributed by atoms with Gasteiger partial charge >= 0.3 is 18.0 Å². The lowest BCUT2D eigenvalue weighted by molar-refractivity contribution is -0.137. The Morgan fingerprint density at radius 2 is 1.38 bits per heavy atom. The third-order valence-corrected chi connectivity index (χ3v) is 3.65. The Labute approximate surface area is 163 Å². The first-order valence-electron chi connectivity index (χ1n) is 8.29. The predicted octanol–water partition coefficient (Wildman–Crippen LogP) is 4.47. The van der Waals surface area contributed by atoms with Crippen molar-refractivity contribution in [3.8, 4) is 11.5 Å². The van der Waals surface area contributed by atoms with E-state index >= 15 is 0 Å². The molecular weight excluding hydrogens is 387 g/mol. The van der Waals surface area contributed by atoms with Gasteiger partial charge in [0.1, 0.15) is 11.5 Å². The number of hydrogen-bond acceptors (Lipinski definition) is 4. The van der Waals surface area contributed by atoms with Gasteiger partial charge in [-0.25, -0.2) is 0 Å². The third-order valence-electron chi connectivity index (χ3n) is 3.65. The normalized spacial score (nSPS) is 10.9. The molecule has 3 rings (SSSR count). The highest BCUT2D eigenvalue weighted by Gasteiger charge is 2.30. The predicted molar refractivity (Wildman–Crippen MR) is 99.5 cm³/mol. The van der Waals surface area contributed by atoms with Crippen molar-refractivity contribution in [2.75, 3.05) is 10.6 Å². The molecule has 0 unspecified atom stereocenters. The van der Waals surface area contributed by atoms with Gasteiger partial charge in [-0.05, 0) is 54.6 Å². The van der Waals surface area contributed by atoms with E-state index in [9.17, 15) is 22.8 Å². The number of anilines is 2. The first-order valence-corrected chi connectivity index (χ1v) is 8.29. The molecule has 0 saturated carbocycles. The number of amides is 2. The van der Waals surface area contributed by atoms with E-state index in [0.717, 1.165) is 18.2 Å². The molecule has 6 nitrogen and oxygen atoms in total. The van der Waals surface area contributed by atoms with Crippen molar-refractivity contribution in [2.24, 2.45) is 0 Å². The van der Waals surface area contributed by atoms with Gasteiger partial charge in [-0.2, -0.15) is 13.2 Å². The minimum Gasteiger partial charge on any atom is -0.457 e. The van der Waals surface area contributed by atoms with Crippen molar-refractivity contribution >= 4 is 23.2 Å². The van der Waals surface area contributed by atoms with Gasteiger partial charge in [0.15, 0.2) is 0 Å². The molecule has 1 heterocycles. The average molecular weight is 401 g/mol. The van der Waals surface area contributed by atoms with Gasteiger partial charge in [-0.3, -0.25) is 14.6 Å². The van der Waals surface area contributed by atoms with Crippen LogP contribution in [0.2, 0.25) is 0 Å². The first kappa shape index (κ1) is 19.9. The van der Waals surface area contributed by atoms with E-state index in [4.69, 9.17) is 4.74 Å². The topological polar surface area (TPSA) is 80.3 Å². The van der Waals surface area contributed by atoms with E-state index in [1.54, 1.807) is 36.7 Å². The van der Waals surface area contributed by atoms with Crippen molar-refractivity contribution in [1.29, 1.82) is 0 Å². The standard InChI is InChI=1S/C20H14F3N3O3/c21-20(22,23)13-2-1-3-15(12-13)26-19(28)18(27)25-14-4-6-16(7-5-14)29-17-8-10-24-11-9-17/h1-12H,(H,25,27)(H,26,28). The van der Waals surface area contributed by atoms with Crippen LogP contribution in [0.5, 0.6) is 11.5 Å². The fourth-order valence-corrected chi connectivity index (χ4v) is 2.30. The smallest absolute Gasteiger partial charge is 0.416 e. The molecule has 2 aromatic carbocycles. The maximum Gasteiger partial charge on any atom is 0.416 e. The van der Waals surface area contributed by atoms with Gasteiger partial charge in [-0.1, -0.05) is 6.07 Å². The van der Waals surface area contributed by atoms with E-state index in [0.29, 0.717) is 17.2 Å². The van der Waals surface area contributed by atoms with Crippen LogP contribution in [-0.2, 0) is 15.8 Å². The van der Waals surface area contributed by atoms with Crippen LogP contribution in [0.3, 0.4) is 0 Å². The SMILES string of the molecule is O=C(Nc1ccc(Oc2ccncc2)cc1)C(=O)Nc1cccc(C(F)(F)F)c1. The minimum atomic E-state index is -4.55. The number of carbonyl (C=O) groups is 2. The largest absolute Gasteiger partial charge is 0.457 e. The van der Waals surface area contributed by atoms with Crippen LogP contribution in [0, 0.1) is 0 Å². The number of halogens is 3. The molecule has 0 fully saturated rings. The molecule has 2 amide bonds. The van der Waals surface area contributed by atoms with Crippen LogP contribution < -0.4 is 15.4 Å². The van der Waals surface area contributed by atoms with E-state index in [-0.39, 0.29) is 5.69 Å². The quantitative estimate of drug-likeness (QED) is 0.632. The summed E-state index contributed by atoms with van der Waals surface area (Å²) in [5.74, 6) is -1.04. The Morgan fingerprint density at radius 1 is 0.793 bits per heavy atom. The second kappa shape index (κ2) is 8.42. The van der Waals surface area contributed by atoms with E-state index in [2.05, 4.69) is 15.6 Å². The lowest BCUT2D eigenvalue weighted by Gasteiger charge is -2.10. The van der Waals surface area contributed by atoms with Gasteiger partial charge in [0.2, 0.25) is 0 Å². The summed E-state index contributed by atoms with van der Waals surface area (Å²) in [6.45, 7) is 0. The number of rotatable bonds is 4. The molecule has 0 atom stereocenters. The number of benzene rings is 2. The minimum absolute atomic E-state index is 0.138. The Balaban J connectivity index is 1.59. The fraction of sp³-hybridized carbons (Fsp3) is 0.0500. The van der Waals surface area contributed by atoms with Crippen molar-refractivity contribution in [3.05, 3.63) is 78.6 Å². The molecule has 0 saturated heterocycles. The van der Waals surface area contributed by atoms with Crippen LogP contribution in [-0.4, -0.2) is 16.8 Å². The highest BCUT2D eigenvalue weighted by Crippen LogP contribution is 2.30. The van der Waals surface area contributed by atoms with E-state index < -0.39 is 23.6 Å². The molecule has 0 aliphatic carbocycles. The zero-order chi connectivity index (χ0) is 20.9. The van der Waals surface area contributed by atoms with Crippen LogP contribution in [0.25, 0.3) is 0 Å². The van der Waals surface area contributed by atoms with Crippen molar-refractivity contribution in [3.63, 3.8) is 0 Å². The summed E-state index contributed by atoms with van der Waals surface area (Å²) < 4.78 is 43.7. The van der Waals surface area contributed by atoms with Gasteiger partial charge < -0.3 is 15.4 Å². The maximum atomic E-state index is 12.7. The number of ether oxygens (including phenoxy) is 1. The second-order valence-electron chi connectivity index (χ2n) is 5.80. The molecule has 29 heavy (non-hydrogen) atoms. The molecule has 0 radical (unpaired) electrons. The van der Waals surface area contributed by atoms with Gasteiger partial charge in [0.25, 0.3) is 0 Å². The zero-order valence-corrected chi connectivity index (χ0v) is 14.7. The molecule has 2 N–H and O–H groups in total. The summed E-state index contributed by atoms with van der Waals surface area (Å²) in [5, 5.41) is 4.50. The molecule has 0 spiro atoms. The molecule has 0 aliphatic heterocycles. The monoisotopic (exact) mass is 401 g/mol. The summed E-state index contributed by atoms with van der Waals surface area (Å²) in [5.41, 5.74) is -0.752. The van der Waals surface area contributed by atoms with Gasteiger partial charge in [0, 0.05) is 23.8 Å². The highest BCUT2D eigenvalue weighted by molar-refractivity contribution is 6.43. The summed E-state index contributed by atoms with van der Waals surface area (Å²) in [7, 11) is 0. The molecule has 148 valence electrons. The van der Waals surface area contributed by atoms with E-state index in [1.165, 1.54) is 18.2 Å². The number of hydrogen-bond donors (Lipinski definition) is 2. The van der Waals surface area contributed by atoms with Crippen LogP contribution in [0.15, 0.2) is 73.1 Å². The van der Waals surface area contributed by atoms with Gasteiger partial charge in [-0.15, -0.1) is 0 Å². The third kappa shape index (κ3) is 5.55. The van der Waals surface area contributed by atoms with Crippen molar-refractivity contribution in [1.82, 2.24) is 4.98 Å². The molecule has 3 aromatic rings. The molecule has 0 aliphatic rings. The Morgan fingerprint density at radius 3 is 2.00 bits per heavy atom. The van der Waals surface area contributed by atoms with E-state index in [1.807, 2.05) is 0 Å². The molecule has 0 bridgehead atoms. The summed E-state index contributed by atoms with van der Waals surface area (Å²) in [4.78, 5) is 27.8. The molecular formula is C20H14F3N3O3. The number of nitrogens with zero attached hydrogens (tertiary/aromatic N) is 1. The summed E-state index contributed by atoms with van der Waals surface area (Å²) in [6.07, 6.45) is -1.40. The van der Waals surface area contributed by atoms with Crippen LogP contribution in [0.1, 0.15) is 5.56 Å². The lowest BCUT2D eigenvalue weighted by Crippen LogP contribution is -2.29. The zero-order valence-electron chi connectivity index (χ0n) is 14.7. The lowest BCUT2D eigenvalue weighted by atomic mass is 10.2. The van der Waals surface area contributed by atoms with Crippen LogP contribution in [0.4, 0.5) is 24.5 Å². The van der Waals surface area contributed by atoms with Gasteiger partial charge in [0.05, 0.1) is 5.56 Å². The Kier molecular flexibility index (Phi) is 5.77. The number of pyridine rings is 1. The van der Waals surface area contributed by atoms with Crippen molar-refractivity contribution < 1.29 is 27.5 Å². The first-order chi connectivity index (χ1) is 13.8. The summed E-state index contributed by atoms with van der Waals surface area (Å²) in [6, 6.07) is 13.6. The fourth-order valence-electron chi connectivity index (χ4n) is 2.30. The Hall–Kier alpha value is -3.88.